The van der Waals surface area contributed by atoms with E-state index in [9.17, 15) is 9.18 Å². The van der Waals surface area contributed by atoms with Crippen LogP contribution in [0.4, 0.5) is 10.1 Å². The number of oxime groups is 1. The molecule has 33 heavy (non-hydrogen) atoms. The second-order valence-electron chi connectivity index (χ2n) is 6.74. The molecule has 3 aromatic rings. The lowest BCUT2D eigenvalue weighted by atomic mass is 10.2. The summed E-state index contributed by atoms with van der Waals surface area (Å²) < 4.78 is 25.6. The quantitative estimate of drug-likeness (QED) is 0.180. The van der Waals surface area contributed by atoms with Crippen molar-refractivity contribution in [2.24, 2.45) is 5.16 Å². The van der Waals surface area contributed by atoms with Gasteiger partial charge in [-0.1, -0.05) is 28.9 Å². The number of halogens is 3. The summed E-state index contributed by atoms with van der Waals surface area (Å²) >= 11 is 7.97. The maximum atomic E-state index is 13.1. The molecule has 3 aromatic carbocycles. The molecule has 0 heterocycles. The normalized spacial score (nSPS) is 10.8. The minimum Gasteiger partial charge on any atom is -0.490 e. The molecule has 172 valence electrons. The summed E-state index contributed by atoms with van der Waals surface area (Å²) in [5, 5.41) is 7.14. The van der Waals surface area contributed by atoms with Crippen molar-refractivity contribution in [2.75, 3.05) is 18.5 Å². The maximum absolute atomic E-state index is 13.1. The lowest BCUT2D eigenvalue weighted by Crippen LogP contribution is -2.16. The van der Waals surface area contributed by atoms with Crippen LogP contribution >= 0.6 is 34.2 Å². The van der Waals surface area contributed by atoms with Gasteiger partial charge in [0.05, 0.1) is 16.4 Å². The van der Waals surface area contributed by atoms with Crippen LogP contribution in [-0.2, 0) is 16.2 Å². The molecule has 3 rings (SSSR count). The molecule has 0 fully saturated rings. The highest BCUT2D eigenvalue weighted by atomic mass is 127. The minimum absolute atomic E-state index is 0.243. The molecule has 0 bridgehead atoms. The lowest BCUT2D eigenvalue weighted by molar-refractivity contribution is -0.120. The van der Waals surface area contributed by atoms with Gasteiger partial charge in [-0.25, -0.2) is 4.39 Å². The van der Waals surface area contributed by atoms with Crippen LogP contribution in [0.5, 0.6) is 11.5 Å². The number of carbonyl (C=O) groups is 1. The van der Waals surface area contributed by atoms with E-state index in [0.29, 0.717) is 28.8 Å². The van der Waals surface area contributed by atoms with E-state index in [1.54, 1.807) is 42.5 Å². The highest BCUT2D eigenvalue weighted by Crippen LogP contribution is 2.34. The van der Waals surface area contributed by atoms with Crippen LogP contribution < -0.4 is 14.8 Å². The molecule has 1 N–H and O–H groups in total. The number of rotatable bonds is 10. The third-order valence-electron chi connectivity index (χ3n) is 4.23. The predicted octanol–water partition coefficient (Wildman–Crippen LogP) is 6.05. The van der Waals surface area contributed by atoms with E-state index < -0.39 is 0 Å². The SMILES string of the molecule is CCOc1cc(/C=N/OCC(=O)Nc2ccc(Cl)cc2)cc(I)c1OCc1ccc(F)cc1. The summed E-state index contributed by atoms with van der Waals surface area (Å²) in [4.78, 5) is 17.1. The zero-order valence-electron chi connectivity index (χ0n) is 17.7. The van der Waals surface area contributed by atoms with E-state index in [4.69, 9.17) is 25.9 Å². The van der Waals surface area contributed by atoms with Crippen LogP contribution in [0.3, 0.4) is 0 Å². The predicted molar refractivity (Wildman–Crippen MR) is 135 cm³/mol. The molecule has 0 saturated carbocycles. The fourth-order valence-corrected chi connectivity index (χ4v) is 3.63. The molecule has 0 aliphatic carbocycles. The van der Waals surface area contributed by atoms with Crippen molar-refractivity contribution in [1.82, 2.24) is 0 Å². The summed E-state index contributed by atoms with van der Waals surface area (Å²) in [6.07, 6.45) is 1.49. The van der Waals surface area contributed by atoms with Gasteiger partial charge >= 0.3 is 0 Å². The Morgan fingerprint density at radius 2 is 1.85 bits per heavy atom. The summed E-state index contributed by atoms with van der Waals surface area (Å²) in [5.41, 5.74) is 2.17. The first-order chi connectivity index (χ1) is 15.9. The second-order valence-corrected chi connectivity index (χ2v) is 8.34. The molecule has 0 atom stereocenters. The van der Waals surface area contributed by atoms with Crippen LogP contribution in [0.2, 0.25) is 5.02 Å². The van der Waals surface area contributed by atoms with Gasteiger partial charge < -0.3 is 19.6 Å². The molecule has 0 aromatic heterocycles. The van der Waals surface area contributed by atoms with Crippen molar-refractivity contribution in [1.29, 1.82) is 0 Å². The number of ether oxygens (including phenoxy) is 2. The van der Waals surface area contributed by atoms with Crippen molar-refractivity contribution in [3.63, 3.8) is 0 Å². The average molecular weight is 583 g/mol. The van der Waals surface area contributed by atoms with Crippen LogP contribution in [0.25, 0.3) is 0 Å². The molecule has 6 nitrogen and oxygen atoms in total. The molecule has 0 saturated heterocycles. The van der Waals surface area contributed by atoms with E-state index >= 15 is 0 Å². The lowest BCUT2D eigenvalue weighted by Gasteiger charge is -2.14. The van der Waals surface area contributed by atoms with Crippen LogP contribution in [0.15, 0.2) is 65.8 Å². The van der Waals surface area contributed by atoms with Crippen LogP contribution in [0, 0.1) is 9.39 Å². The number of nitrogens with zero attached hydrogens (tertiary/aromatic N) is 1. The number of hydrogen-bond acceptors (Lipinski definition) is 5. The number of nitrogens with one attached hydrogen (secondary N) is 1. The topological polar surface area (TPSA) is 69.2 Å². The smallest absolute Gasteiger partial charge is 0.265 e. The van der Waals surface area contributed by atoms with Gasteiger partial charge in [0, 0.05) is 16.3 Å². The van der Waals surface area contributed by atoms with E-state index in [-0.39, 0.29) is 24.9 Å². The van der Waals surface area contributed by atoms with Gasteiger partial charge in [0.25, 0.3) is 5.91 Å². The van der Waals surface area contributed by atoms with Gasteiger partial charge in [-0.05, 0) is 83.6 Å². The van der Waals surface area contributed by atoms with Crippen molar-refractivity contribution in [3.8, 4) is 11.5 Å². The third-order valence-corrected chi connectivity index (χ3v) is 5.28. The first-order valence-corrected chi connectivity index (χ1v) is 11.4. The van der Waals surface area contributed by atoms with Crippen molar-refractivity contribution in [3.05, 3.63) is 86.2 Å². The van der Waals surface area contributed by atoms with Gasteiger partial charge in [-0.15, -0.1) is 0 Å². The average Bonchev–Trinajstić information content (AvgIpc) is 2.79. The fraction of sp³-hybridized carbons (Fsp3) is 0.167. The first-order valence-electron chi connectivity index (χ1n) is 9.99. The molecular formula is C24H21ClFIN2O4. The molecule has 0 aliphatic heterocycles. The Hall–Kier alpha value is -2.85. The van der Waals surface area contributed by atoms with E-state index in [1.165, 1.54) is 18.3 Å². The van der Waals surface area contributed by atoms with Gasteiger partial charge in [-0.3, -0.25) is 4.79 Å². The molecule has 1 amide bonds. The summed E-state index contributed by atoms with van der Waals surface area (Å²) in [5.74, 6) is 0.496. The number of carbonyl (C=O) groups excluding carboxylic acids is 1. The van der Waals surface area contributed by atoms with Gasteiger partial charge in [0.1, 0.15) is 12.4 Å². The maximum Gasteiger partial charge on any atom is 0.265 e. The Kier molecular flexibility index (Phi) is 9.32. The molecule has 0 radical (unpaired) electrons. The number of hydrogen-bond donors (Lipinski definition) is 1. The first kappa shape index (κ1) is 24.8. The third kappa shape index (κ3) is 7.90. The Morgan fingerprint density at radius 3 is 2.55 bits per heavy atom. The Balaban J connectivity index is 1.59. The Labute approximate surface area is 209 Å². The zero-order valence-corrected chi connectivity index (χ0v) is 20.6. The van der Waals surface area contributed by atoms with Gasteiger partial charge in [-0.2, -0.15) is 0 Å². The highest BCUT2D eigenvalue weighted by Gasteiger charge is 2.12. The summed E-state index contributed by atoms with van der Waals surface area (Å²) in [7, 11) is 0. The fourth-order valence-electron chi connectivity index (χ4n) is 2.73. The molecule has 0 unspecified atom stereocenters. The highest BCUT2D eigenvalue weighted by molar-refractivity contribution is 14.1. The van der Waals surface area contributed by atoms with E-state index in [1.807, 2.05) is 13.0 Å². The van der Waals surface area contributed by atoms with Crippen molar-refractivity contribution in [2.45, 2.75) is 13.5 Å². The van der Waals surface area contributed by atoms with Crippen LogP contribution in [-0.4, -0.2) is 25.3 Å². The van der Waals surface area contributed by atoms with E-state index in [2.05, 4.69) is 33.1 Å². The molecular weight excluding hydrogens is 562 g/mol. The number of anilines is 1. The zero-order chi connectivity index (χ0) is 23.6. The largest absolute Gasteiger partial charge is 0.490 e. The van der Waals surface area contributed by atoms with Gasteiger partial charge in [0.2, 0.25) is 0 Å². The standard InChI is InChI=1S/C24H21ClFIN2O4/c1-2-31-22-12-17(11-21(27)24(22)32-14-16-3-7-19(26)8-4-16)13-28-33-15-23(30)29-20-9-5-18(25)6-10-20/h3-13H,2,14-15H2,1H3,(H,29,30)/b28-13+. The Morgan fingerprint density at radius 1 is 1.12 bits per heavy atom. The van der Waals surface area contributed by atoms with E-state index in [0.717, 1.165) is 14.7 Å². The van der Waals surface area contributed by atoms with Crippen molar-refractivity contribution < 1.29 is 23.5 Å². The van der Waals surface area contributed by atoms with Gasteiger partial charge in [0.15, 0.2) is 18.1 Å². The number of amides is 1. The molecule has 0 spiro atoms. The second kappa shape index (κ2) is 12.4. The monoisotopic (exact) mass is 582 g/mol. The number of benzene rings is 3. The summed E-state index contributed by atoms with van der Waals surface area (Å²) in [6.45, 7) is 2.35. The Bertz CT molecular complexity index is 1110. The summed E-state index contributed by atoms with van der Waals surface area (Å²) in [6, 6.07) is 16.5. The molecule has 9 heteroatoms. The van der Waals surface area contributed by atoms with Crippen molar-refractivity contribution >= 4 is 52.0 Å². The van der Waals surface area contributed by atoms with Crippen LogP contribution in [0.1, 0.15) is 18.1 Å². The molecule has 0 aliphatic rings. The minimum atomic E-state index is -0.344.